The van der Waals surface area contributed by atoms with Crippen molar-refractivity contribution in [3.63, 3.8) is 0 Å². The molecule has 2 nitrogen and oxygen atoms in total. The maximum atomic E-state index is 8.79. The van der Waals surface area contributed by atoms with Gasteiger partial charge in [-0.05, 0) is 43.2 Å². The lowest BCUT2D eigenvalue weighted by molar-refractivity contribution is 0.250. The molecule has 1 aliphatic rings. The molecular weight excluding hydrogens is 182 g/mol. The Balaban J connectivity index is 1.72. The van der Waals surface area contributed by atoms with Crippen molar-refractivity contribution in [2.24, 2.45) is 5.92 Å². The Hall–Kier alpha value is 0.270. The first kappa shape index (κ1) is 11.3. The van der Waals surface area contributed by atoms with Gasteiger partial charge in [0.15, 0.2) is 0 Å². The second-order valence-corrected chi connectivity index (χ2v) is 5.09. The van der Waals surface area contributed by atoms with Crippen LogP contribution in [0.2, 0.25) is 0 Å². The van der Waals surface area contributed by atoms with Gasteiger partial charge in [0.2, 0.25) is 0 Å². The average molecular weight is 203 g/mol. The normalized spacial score (nSPS) is 18.9. The van der Waals surface area contributed by atoms with Crippen LogP contribution in [0.1, 0.15) is 26.2 Å². The minimum absolute atomic E-state index is 0.327. The van der Waals surface area contributed by atoms with E-state index in [1.165, 1.54) is 31.6 Å². The van der Waals surface area contributed by atoms with Crippen molar-refractivity contribution in [3.05, 3.63) is 0 Å². The van der Waals surface area contributed by atoms with Crippen molar-refractivity contribution in [3.8, 4) is 0 Å². The van der Waals surface area contributed by atoms with Gasteiger partial charge in [0.1, 0.15) is 0 Å². The summed E-state index contributed by atoms with van der Waals surface area (Å²) in [6.45, 7) is 3.59. The zero-order valence-electron chi connectivity index (χ0n) is 8.46. The van der Waals surface area contributed by atoms with Crippen molar-refractivity contribution in [2.45, 2.75) is 32.2 Å². The fraction of sp³-hybridized carbons (Fsp3) is 1.00. The van der Waals surface area contributed by atoms with Crippen LogP contribution in [-0.2, 0) is 0 Å². The molecule has 0 aromatic carbocycles. The molecule has 0 aromatic rings. The third-order valence-corrected chi connectivity index (χ3v) is 3.57. The monoisotopic (exact) mass is 203 g/mol. The predicted octanol–water partition coefficient (Wildman–Crippen LogP) is 1.49. The van der Waals surface area contributed by atoms with Crippen LogP contribution >= 0.6 is 11.8 Å². The Morgan fingerprint density at radius 1 is 1.54 bits per heavy atom. The smallest absolute Gasteiger partial charge is 0.0464 e. The average Bonchev–Trinajstić information content (AvgIpc) is 2.94. The summed E-state index contributed by atoms with van der Waals surface area (Å²) in [6, 6.07) is 0.848. The lowest BCUT2D eigenvalue weighted by Crippen LogP contribution is -2.18. The van der Waals surface area contributed by atoms with E-state index in [0.29, 0.717) is 12.5 Å². The highest BCUT2D eigenvalue weighted by Gasteiger charge is 2.19. The molecule has 13 heavy (non-hydrogen) atoms. The van der Waals surface area contributed by atoms with Crippen LogP contribution in [0.25, 0.3) is 0 Å². The fourth-order valence-electron chi connectivity index (χ4n) is 1.11. The van der Waals surface area contributed by atoms with E-state index in [2.05, 4.69) is 12.2 Å². The molecule has 0 heterocycles. The second kappa shape index (κ2) is 6.68. The first-order chi connectivity index (χ1) is 6.33. The van der Waals surface area contributed by atoms with Gasteiger partial charge < -0.3 is 10.4 Å². The third kappa shape index (κ3) is 6.36. The van der Waals surface area contributed by atoms with Gasteiger partial charge in [0.25, 0.3) is 0 Å². The van der Waals surface area contributed by atoms with E-state index in [0.717, 1.165) is 11.8 Å². The Morgan fingerprint density at radius 2 is 2.31 bits per heavy atom. The van der Waals surface area contributed by atoms with Crippen LogP contribution in [0.3, 0.4) is 0 Å². The molecule has 1 fully saturated rings. The lowest BCUT2D eigenvalue weighted by Gasteiger charge is -2.07. The zero-order valence-corrected chi connectivity index (χ0v) is 9.28. The largest absolute Gasteiger partial charge is 0.396 e. The van der Waals surface area contributed by atoms with Crippen LogP contribution in [0.15, 0.2) is 0 Å². The number of hydrogen-bond acceptors (Lipinski definition) is 3. The third-order valence-electron chi connectivity index (χ3n) is 2.19. The molecule has 1 rings (SSSR count). The van der Waals surface area contributed by atoms with E-state index < -0.39 is 0 Å². The molecule has 1 atom stereocenters. The molecule has 0 radical (unpaired) electrons. The number of rotatable bonds is 8. The van der Waals surface area contributed by atoms with Crippen LogP contribution in [0, 0.1) is 5.92 Å². The summed E-state index contributed by atoms with van der Waals surface area (Å²) in [5, 5.41) is 12.3. The first-order valence-electron chi connectivity index (χ1n) is 5.25. The number of thioether (sulfide) groups is 1. The van der Waals surface area contributed by atoms with Gasteiger partial charge in [-0.25, -0.2) is 0 Å². The quantitative estimate of drug-likeness (QED) is 0.586. The molecule has 0 bridgehead atoms. The highest BCUT2D eigenvalue weighted by Crippen LogP contribution is 2.18. The van der Waals surface area contributed by atoms with E-state index >= 15 is 0 Å². The van der Waals surface area contributed by atoms with Gasteiger partial charge >= 0.3 is 0 Å². The second-order valence-electron chi connectivity index (χ2n) is 3.94. The molecule has 78 valence electrons. The summed E-state index contributed by atoms with van der Waals surface area (Å²) in [5.41, 5.74) is 0. The summed E-state index contributed by atoms with van der Waals surface area (Å²) >= 11 is 1.96. The highest BCUT2D eigenvalue weighted by atomic mass is 32.2. The number of hydrogen-bond donors (Lipinski definition) is 2. The van der Waals surface area contributed by atoms with Crippen molar-refractivity contribution in [1.82, 2.24) is 5.32 Å². The lowest BCUT2D eigenvalue weighted by atomic mass is 10.2. The molecule has 0 aromatic heterocycles. The molecular formula is C10H21NOS. The van der Waals surface area contributed by atoms with Crippen LogP contribution < -0.4 is 5.32 Å². The Morgan fingerprint density at radius 3 is 2.92 bits per heavy atom. The molecule has 1 saturated carbocycles. The van der Waals surface area contributed by atoms with Gasteiger partial charge in [0, 0.05) is 12.6 Å². The Labute approximate surface area is 85.5 Å². The number of aliphatic hydroxyl groups excluding tert-OH is 1. The van der Waals surface area contributed by atoms with E-state index in [9.17, 15) is 0 Å². The van der Waals surface area contributed by atoms with E-state index in [1.807, 2.05) is 11.8 Å². The van der Waals surface area contributed by atoms with Gasteiger partial charge in [-0.2, -0.15) is 11.8 Å². The summed E-state index contributed by atoms with van der Waals surface area (Å²) in [6.07, 6.45) is 4.03. The van der Waals surface area contributed by atoms with Crippen molar-refractivity contribution in [1.29, 1.82) is 0 Å². The first-order valence-corrected chi connectivity index (χ1v) is 6.40. The molecule has 0 amide bonds. The topological polar surface area (TPSA) is 32.3 Å². The van der Waals surface area contributed by atoms with Crippen molar-refractivity contribution in [2.75, 3.05) is 24.7 Å². The maximum absolute atomic E-state index is 8.79. The van der Waals surface area contributed by atoms with E-state index in [4.69, 9.17) is 5.11 Å². The van der Waals surface area contributed by atoms with Gasteiger partial charge in [0.05, 0.1) is 0 Å². The Kier molecular flexibility index (Phi) is 5.83. The molecule has 2 N–H and O–H groups in total. The van der Waals surface area contributed by atoms with Gasteiger partial charge in [-0.15, -0.1) is 0 Å². The molecule has 1 aliphatic carbocycles. The van der Waals surface area contributed by atoms with Crippen molar-refractivity contribution >= 4 is 11.8 Å². The molecule has 0 aliphatic heterocycles. The predicted molar refractivity (Wildman–Crippen MR) is 59.2 cm³/mol. The number of aliphatic hydroxyl groups is 1. The molecule has 3 heteroatoms. The standard InChI is InChI=1S/C10H21NOS/c1-9(7-12)8-13-6-2-5-11-10-3-4-10/h9-12H,2-8H2,1H3. The summed E-state index contributed by atoms with van der Waals surface area (Å²) in [5.74, 6) is 2.78. The van der Waals surface area contributed by atoms with Crippen LogP contribution in [0.4, 0.5) is 0 Å². The molecule has 0 saturated heterocycles. The van der Waals surface area contributed by atoms with Gasteiger partial charge in [-0.1, -0.05) is 6.92 Å². The SMILES string of the molecule is CC(CO)CSCCCNC1CC1. The molecule has 1 unspecified atom stereocenters. The minimum atomic E-state index is 0.327. The molecule has 0 spiro atoms. The summed E-state index contributed by atoms with van der Waals surface area (Å²) in [7, 11) is 0. The van der Waals surface area contributed by atoms with E-state index in [1.54, 1.807) is 0 Å². The fourth-order valence-corrected chi connectivity index (χ4v) is 2.13. The van der Waals surface area contributed by atoms with Gasteiger partial charge in [-0.3, -0.25) is 0 Å². The summed E-state index contributed by atoms with van der Waals surface area (Å²) in [4.78, 5) is 0. The Bertz CT molecular complexity index is 128. The summed E-state index contributed by atoms with van der Waals surface area (Å²) < 4.78 is 0. The zero-order chi connectivity index (χ0) is 9.52. The van der Waals surface area contributed by atoms with Crippen LogP contribution in [0.5, 0.6) is 0 Å². The highest BCUT2D eigenvalue weighted by molar-refractivity contribution is 7.99. The maximum Gasteiger partial charge on any atom is 0.0464 e. The minimum Gasteiger partial charge on any atom is -0.396 e. The van der Waals surface area contributed by atoms with E-state index in [-0.39, 0.29) is 0 Å². The van der Waals surface area contributed by atoms with Crippen LogP contribution in [-0.4, -0.2) is 35.8 Å². The van der Waals surface area contributed by atoms with Crippen molar-refractivity contribution < 1.29 is 5.11 Å². The number of nitrogens with one attached hydrogen (secondary N) is 1.